The minimum absolute atomic E-state index is 0.000952. The zero-order chi connectivity index (χ0) is 14.5. The summed E-state index contributed by atoms with van der Waals surface area (Å²) in [4.78, 5) is 16.5. The van der Waals surface area contributed by atoms with E-state index in [1.165, 1.54) is 0 Å². The van der Waals surface area contributed by atoms with Crippen LogP contribution in [0.2, 0.25) is 0 Å². The second-order valence-electron chi connectivity index (χ2n) is 5.62. The minimum Gasteiger partial charge on any atom is -0.341 e. The van der Waals surface area contributed by atoms with Crippen LogP contribution in [0.4, 0.5) is 0 Å². The van der Waals surface area contributed by atoms with E-state index in [0.717, 1.165) is 32.5 Å². The lowest BCUT2D eigenvalue weighted by Gasteiger charge is -2.31. The van der Waals surface area contributed by atoms with Crippen LogP contribution in [-0.4, -0.2) is 49.4 Å². The summed E-state index contributed by atoms with van der Waals surface area (Å²) in [5.74, 6) is 0.584. The van der Waals surface area contributed by atoms with Crippen molar-refractivity contribution in [1.82, 2.24) is 9.80 Å². The predicted octanol–water partition coefficient (Wildman–Crippen LogP) is 1.97. The molecule has 0 bridgehead atoms. The van der Waals surface area contributed by atoms with E-state index >= 15 is 0 Å². The minimum atomic E-state index is 0.000952. The van der Waals surface area contributed by atoms with E-state index in [1.54, 1.807) is 29.2 Å². The van der Waals surface area contributed by atoms with Gasteiger partial charge in [0.2, 0.25) is 0 Å². The molecule has 106 valence electrons. The van der Waals surface area contributed by atoms with Gasteiger partial charge in [-0.05, 0) is 57.1 Å². The van der Waals surface area contributed by atoms with Crippen molar-refractivity contribution in [1.29, 1.82) is 5.26 Å². The average Bonchev–Trinajstić information content (AvgIpc) is 2.48. The normalized spacial score (nSPS) is 16.6. The maximum Gasteiger partial charge on any atom is 0.253 e. The molecule has 1 aliphatic heterocycles. The van der Waals surface area contributed by atoms with Gasteiger partial charge in [-0.15, -0.1) is 0 Å². The van der Waals surface area contributed by atoms with E-state index in [1.807, 2.05) is 7.05 Å². The van der Waals surface area contributed by atoms with Gasteiger partial charge in [0, 0.05) is 19.2 Å². The predicted molar refractivity (Wildman–Crippen MR) is 78.3 cm³/mol. The van der Waals surface area contributed by atoms with Crippen LogP contribution in [0.5, 0.6) is 0 Å². The first-order chi connectivity index (χ1) is 9.60. The first kappa shape index (κ1) is 14.5. The lowest BCUT2D eigenvalue weighted by molar-refractivity contribution is 0.0747. The molecule has 2 rings (SSSR count). The van der Waals surface area contributed by atoms with Crippen molar-refractivity contribution < 1.29 is 4.79 Å². The number of piperidine rings is 1. The zero-order valence-electron chi connectivity index (χ0n) is 12.2. The zero-order valence-corrected chi connectivity index (χ0v) is 12.2. The highest BCUT2D eigenvalue weighted by molar-refractivity contribution is 5.94. The molecule has 1 aromatic carbocycles. The van der Waals surface area contributed by atoms with Gasteiger partial charge in [-0.1, -0.05) is 6.07 Å². The molecule has 0 aromatic heterocycles. The number of nitrogens with zero attached hydrogens (tertiary/aromatic N) is 3. The Kier molecular flexibility index (Phi) is 4.75. The largest absolute Gasteiger partial charge is 0.341 e. The molecule has 0 aliphatic carbocycles. The molecule has 0 N–H and O–H groups in total. The third-order valence-electron chi connectivity index (χ3n) is 3.96. The van der Waals surface area contributed by atoms with Gasteiger partial charge in [0.25, 0.3) is 5.91 Å². The highest BCUT2D eigenvalue weighted by atomic mass is 16.2. The lowest BCUT2D eigenvalue weighted by atomic mass is 9.96. The maximum absolute atomic E-state index is 12.4. The Morgan fingerprint density at radius 3 is 2.80 bits per heavy atom. The van der Waals surface area contributed by atoms with Crippen LogP contribution < -0.4 is 0 Å². The summed E-state index contributed by atoms with van der Waals surface area (Å²) in [5, 5.41) is 8.89. The van der Waals surface area contributed by atoms with E-state index in [-0.39, 0.29) is 5.91 Å². The first-order valence-corrected chi connectivity index (χ1v) is 7.04. The second-order valence-corrected chi connectivity index (χ2v) is 5.62. The molecule has 0 unspecified atom stereocenters. The van der Waals surface area contributed by atoms with E-state index in [4.69, 9.17) is 5.26 Å². The number of amides is 1. The van der Waals surface area contributed by atoms with Crippen LogP contribution in [0.15, 0.2) is 24.3 Å². The average molecular weight is 271 g/mol. The fourth-order valence-electron chi connectivity index (χ4n) is 2.66. The number of rotatable bonds is 3. The Balaban J connectivity index is 1.96. The van der Waals surface area contributed by atoms with Gasteiger partial charge in [0.15, 0.2) is 0 Å². The number of benzene rings is 1. The summed E-state index contributed by atoms with van der Waals surface area (Å²) in [7, 11) is 3.98. The van der Waals surface area contributed by atoms with Crippen LogP contribution in [0.3, 0.4) is 0 Å². The molecular formula is C16H21N3O. The lowest BCUT2D eigenvalue weighted by Crippen LogP contribution is -2.37. The van der Waals surface area contributed by atoms with E-state index in [2.05, 4.69) is 18.0 Å². The molecule has 0 radical (unpaired) electrons. The topological polar surface area (TPSA) is 47.3 Å². The molecule has 20 heavy (non-hydrogen) atoms. The van der Waals surface area contributed by atoms with Crippen molar-refractivity contribution >= 4 is 5.91 Å². The molecule has 0 saturated carbocycles. The van der Waals surface area contributed by atoms with Crippen LogP contribution in [0.25, 0.3) is 0 Å². The highest BCUT2D eigenvalue weighted by Gasteiger charge is 2.21. The number of carbonyl (C=O) groups excluding carboxylic acids is 1. The third kappa shape index (κ3) is 3.58. The van der Waals surface area contributed by atoms with Crippen LogP contribution in [0, 0.1) is 17.2 Å². The monoisotopic (exact) mass is 271 g/mol. The smallest absolute Gasteiger partial charge is 0.253 e. The van der Waals surface area contributed by atoms with Gasteiger partial charge in [-0.2, -0.15) is 5.26 Å². The summed E-state index contributed by atoms with van der Waals surface area (Å²) < 4.78 is 0. The first-order valence-electron chi connectivity index (χ1n) is 7.04. The summed E-state index contributed by atoms with van der Waals surface area (Å²) >= 11 is 0. The fraction of sp³-hybridized carbons (Fsp3) is 0.500. The molecule has 0 atom stereocenters. The second kappa shape index (κ2) is 6.53. The Morgan fingerprint density at radius 2 is 2.15 bits per heavy atom. The van der Waals surface area contributed by atoms with Crippen molar-refractivity contribution in [3.63, 3.8) is 0 Å². The van der Waals surface area contributed by atoms with Crippen LogP contribution in [-0.2, 0) is 0 Å². The SMILES string of the molecule is CN1CCC(CN(C)C(=O)c2cccc(C#N)c2)CC1. The van der Waals surface area contributed by atoms with E-state index in [9.17, 15) is 4.79 Å². The maximum atomic E-state index is 12.4. The number of hydrogen-bond donors (Lipinski definition) is 0. The summed E-state index contributed by atoms with van der Waals surface area (Å²) in [5.41, 5.74) is 1.13. The van der Waals surface area contributed by atoms with Crippen LogP contribution in [0.1, 0.15) is 28.8 Å². The van der Waals surface area contributed by atoms with Gasteiger partial charge < -0.3 is 9.80 Å². The summed E-state index contributed by atoms with van der Waals surface area (Å²) in [6.45, 7) is 3.01. The molecule has 1 heterocycles. The molecule has 4 heteroatoms. The molecule has 1 aliphatic rings. The molecule has 1 saturated heterocycles. The Labute approximate surface area is 120 Å². The van der Waals surface area contributed by atoms with Gasteiger partial charge in [0.1, 0.15) is 0 Å². The van der Waals surface area contributed by atoms with Crippen molar-refractivity contribution in [2.24, 2.45) is 5.92 Å². The summed E-state index contributed by atoms with van der Waals surface area (Å²) in [6.07, 6.45) is 2.29. The highest BCUT2D eigenvalue weighted by Crippen LogP contribution is 2.18. The van der Waals surface area contributed by atoms with Crippen molar-refractivity contribution in [2.75, 3.05) is 33.7 Å². The van der Waals surface area contributed by atoms with Gasteiger partial charge in [0.05, 0.1) is 11.6 Å². The Hall–Kier alpha value is -1.86. The molecule has 1 fully saturated rings. The van der Waals surface area contributed by atoms with Crippen molar-refractivity contribution in [2.45, 2.75) is 12.8 Å². The number of hydrogen-bond acceptors (Lipinski definition) is 3. The third-order valence-corrected chi connectivity index (χ3v) is 3.96. The van der Waals surface area contributed by atoms with Crippen LogP contribution >= 0.6 is 0 Å². The molecular weight excluding hydrogens is 250 g/mol. The molecule has 4 nitrogen and oxygen atoms in total. The molecule has 1 amide bonds. The molecule has 1 aromatic rings. The standard InChI is InChI=1S/C16H21N3O/c1-18-8-6-13(7-9-18)12-19(2)16(20)15-5-3-4-14(10-15)11-17/h3-5,10,13H,6-9,12H2,1-2H3. The van der Waals surface area contributed by atoms with Crippen molar-refractivity contribution in [3.8, 4) is 6.07 Å². The van der Waals surface area contributed by atoms with Gasteiger partial charge in [-0.25, -0.2) is 0 Å². The van der Waals surface area contributed by atoms with Crippen molar-refractivity contribution in [3.05, 3.63) is 35.4 Å². The Bertz CT molecular complexity index is 513. The van der Waals surface area contributed by atoms with Gasteiger partial charge in [-0.3, -0.25) is 4.79 Å². The quantitative estimate of drug-likeness (QED) is 0.844. The molecule has 0 spiro atoms. The van der Waals surface area contributed by atoms with Gasteiger partial charge >= 0.3 is 0 Å². The fourth-order valence-corrected chi connectivity index (χ4v) is 2.66. The van der Waals surface area contributed by atoms with E-state index in [0.29, 0.717) is 17.0 Å². The van der Waals surface area contributed by atoms with E-state index < -0.39 is 0 Å². The number of nitriles is 1. The Morgan fingerprint density at radius 1 is 1.45 bits per heavy atom. The number of carbonyl (C=O) groups is 1. The number of likely N-dealkylation sites (tertiary alicyclic amines) is 1. The summed E-state index contributed by atoms with van der Waals surface area (Å²) in [6, 6.07) is 8.98.